The molecule has 0 unspecified atom stereocenters. The number of hydrogen-bond donors (Lipinski definition) is 1. The van der Waals surface area contributed by atoms with E-state index < -0.39 is 0 Å². The number of H-pyrrole nitrogens is 1. The van der Waals surface area contributed by atoms with Crippen LogP contribution in [0.4, 0.5) is 0 Å². The summed E-state index contributed by atoms with van der Waals surface area (Å²) in [5.41, 5.74) is 3.71. The van der Waals surface area contributed by atoms with Crippen molar-refractivity contribution in [2.75, 3.05) is 0 Å². The summed E-state index contributed by atoms with van der Waals surface area (Å²) >= 11 is 2.31. The number of nitrogens with zero attached hydrogens (tertiary/aromatic N) is 2. The summed E-state index contributed by atoms with van der Waals surface area (Å²) in [7, 11) is 0. The van der Waals surface area contributed by atoms with E-state index in [0.29, 0.717) is 12.1 Å². The maximum Gasteiger partial charge on any atom is 0.275 e. The number of nitrogens with one attached hydrogen (secondary N) is 1. The molecule has 4 nitrogen and oxygen atoms in total. The van der Waals surface area contributed by atoms with Gasteiger partial charge in [0.15, 0.2) is 0 Å². The molecule has 23 heavy (non-hydrogen) atoms. The molecule has 0 aliphatic heterocycles. The van der Waals surface area contributed by atoms with Gasteiger partial charge in [-0.05, 0) is 59.6 Å². The average Bonchev–Trinajstić information content (AvgIpc) is 2.92. The number of rotatable bonds is 2. The summed E-state index contributed by atoms with van der Waals surface area (Å²) in [6.07, 6.45) is 12.4. The van der Waals surface area contributed by atoms with Crippen LogP contribution in [0.5, 0.6) is 0 Å². The molecule has 3 heterocycles. The maximum absolute atomic E-state index is 12.9. The Labute approximate surface area is 147 Å². The summed E-state index contributed by atoms with van der Waals surface area (Å²) in [5, 5.41) is 2.00. The van der Waals surface area contributed by atoms with Gasteiger partial charge >= 0.3 is 0 Å². The number of halogens is 1. The second-order valence-electron chi connectivity index (χ2n) is 5.95. The van der Waals surface area contributed by atoms with Crippen LogP contribution in [-0.4, -0.2) is 14.5 Å². The van der Waals surface area contributed by atoms with Crippen LogP contribution in [0.2, 0.25) is 0 Å². The molecular weight excluding hydrogens is 401 g/mol. The molecule has 0 saturated heterocycles. The van der Waals surface area contributed by atoms with Crippen LogP contribution in [0.15, 0.2) is 47.1 Å². The lowest BCUT2D eigenvalue weighted by molar-refractivity contribution is 0.753. The van der Waals surface area contributed by atoms with Crippen molar-refractivity contribution in [1.29, 1.82) is 0 Å². The zero-order valence-corrected chi connectivity index (χ0v) is 14.9. The lowest BCUT2D eigenvalue weighted by Gasteiger charge is -2.10. The van der Waals surface area contributed by atoms with E-state index in [1.165, 1.54) is 5.57 Å². The highest BCUT2D eigenvalue weighted by Gasteiger charge is 2.14. The number of aromatic nitrogens is 3. The molecule has 0 spiro atoms. The van der Waals surface area contributed by atoms with Crippen molar-refractivity contribution in [3.8, 4) is 0 Å². The SMILES string of the molecule is Cc1cnc2[nH]c3c(=O)n(CC4=CCCC=C4)cc(I)c3c2c1. The van der Waals surface area contributed by atoms with Crippen molar-refractivity contribution in [2.45, 2.75) is 26.3 Å². The van der Waals surface area contributed by atoms with Gasteiger partial charge in [0.2, 0.25) is 0 Å². The van der Waals surface area contributed by atoms with Crippen LogP contribution in [0.3, 0.4) is 0 Å². The number of allylic oxidation sites excluding steroid dienone is 4. The van der Waals surface area contributed by atoms with Gasteiger partial charge in [0.05, 0.1) is 6.54 Å². The monoisotopic (exact) mass is 417 g/mol. The van der Waals surface area contributed by atoms with Gasteiger partial charge in [0.1, 0.15) is 11.2 Å². The molecule has 1 aliphatic carbocycles. The number of fused-ring (bicyclic) bond motifs is 3. The van der Waals surface area contributed by atoms with Crippen LogP contribution in [0.1, 0.15) is 18.4 Å². The van der Waals surface area contributed by atoms with Crippen LogP contribution < -0.4 is 5.56 Å². The van der Waals surface area contributed by atoms with E-state index in [9.17, 15) is 4.79 Å². The van der Waals surface area contributed by atoms with Gasteiger partial charge in [0.25, 0.3) is 5.56 Å². The van der Waals surface area contributed by atoms with Gasteiger partial charge in [-0.3, -0.25) is 4.79 Å². The molecule has 0 fully saturated rings. The first-order chi connectivity index (χ1) is 11.1. The third kappa shape index (κ3) is 2.52. The number of aromatic amines is 1. The number of aryl methyl sites for hydroxylation is 1. The predicted octanol–water partition coefficient (Wildman–Crippen LogP) is 4.07. The molecule has 4 rings (SSSR count). The molecule has 3 aromatic heterocycles. The fraction of sp³-hybridized carbons (Fsp3) is 0.222. The molecule has 0 aromatic carbocycles. The average molecular weight is 417 g/mol. The summed E-state index contributed by atoms with van der Waals surface area (Å²) in [6.45, 7) is 2.63. The Morgan fingerprint density at radius 2 is 2.26 bits per heavy atom. The van der Waals surface area contributed by atoms with Crippen molar-refractivity contribution in [1.82, 2.24) is 14.5 Å². The fourth-order valence-corrected chi connectivity index (χ4v) is 3.98. The van der Waals surface area contributed by atoms with E-state index >= 15 is 0 Å². The molecule has 5 heteroatoms. The summed E-state index contributed by atoms with van der Waals surface area (Å²) in [5.74, 6) is 0. The van der Waals surface area contributed by atoms with Crippen molar-refractivity contribution in [2.24, 2.45) is 0 Å². The lowest BCUT2D eigenvalue weighted by Crippen LogP contribution is -2.21. The van der Waals surface area contributed by atoms with Crippen LogP contribution >= 0.6 is 22.6 Å². The minimum atomic E-state index is 0.0101. The normalized spacial score (nSPS) is 14.6. The van der Waals surface area contributed by atoms with E-state index in [4.69, 9.17) is 0 Å². The highest BCUT2D eigenvalue weighted by atomic mass is 127. The molecule has 0 amide bonds. The van der Waals surface area contributed by atoms with Crippen LogP contribution in [0.25, 0.3) is 21.9 Å². The van der Waals surface area contributed by atoms with Gasteiger partial charge in [-0.2, -0.15) is 0 Å². The molecule has 0 bridgehead atoms. The Bertz CT molecular complexity index is 1040. The van der Waals surface area contributed by atoms with Crippen LogP contribution in [-0.2, 0) is 6.54 Å². The molecule has 0 radical (unpaired) electrons. The second kappa shape index (κ2) is 5.63. The second-order valence-corrected chi connectivity index (χ2v) is 7.11. The molecule has 0 atom stereocenters. The Hall–Kier alpha value is -1.89. The van der Waals surface area contributed by atoms with Crippen molar-refractivity contribution >= 4 is 44.5 Å². The zero-order valence-electron chi connectivity index (χ0n) is 12.8. The third-order valence-corrected chi connectivity index (χ3v) is 5.01. The largest absolute Gasteiger partial charge is 0.335 e. The quantitative estimate of drug-likeness (QED) is 0.640. The summed E-state index contributed by atoms with van der Waals surface area (Å²) in [6, 6.07) is 2.08. The van der Waals surface area contributed by atoms with Gasteiger partial charge in [-0.25, -0.2) is 4.98 Å². The van der Waals surface area contributed by atoms with E-state index in [2.05, 4.69) is 56.9 Å². The Morgan fingerprint density at radius 1 is 1.39 bits per heavy atom. The minimum Gasteiger partial charge on any atom is -0.335 e. The molecule has 1 N–H and O–H groups in total. The van der Waals surface area contributed by atoms with Crippen molar-refractivity contribution < 1.29 is 0 Å². The van der Waals surface area contributed by atoms with E-state index in [1.54, 1.807) is 4.57 Å². The third-order valence-electron chi connectivity index (χ3n) is 4.19. The molecule has 116 valence electrons. The van der Waals surface area contributed by atoms with Crippen LogP contribution in [0, 0.1) is 10.5 Å². The molecule has 1 aliphatic rings. The highest BCUT2D eigenvalue weighted by Crippen LogP contribution is 2.27. The highest BCUT2D eigenvalue weighted by molar-refractivity contribution is 14.1. The minimum absolute atomic E-state index is 0.0101. The Kier molecular flexibility index (Phi) is 3.60. The number of hydrogen-bond acceptors (Lipinski definition) is 2. The smallest absolute Gasteiger partial charge is 0.275 e. The van der Waals surface area contributed by atoms with Crippen molar-refractivity contribution in [3.63, 3.8) is 0 Å². The molecule has 0 saturated carbocycles. The molecule has 3 aromatic rings. The first-order valence-electron chi connectivity index (χ1n) is 7.66. The van der Waals surface area contributed by atoms with Gasteiger partial charge in [-0.15, -0.1) is 0 Å². The summed E-state index contributed by atoms with van der Waals surface area (Å²) < 4.78 is 2.85. The maximum atomic E-state index is 12.9. The number of pyridine rings is 2. The fourth-order valence-electron chi connectivity index (χ4n) is 3.09. The topological polar surface area (TPSA) is 50.7 Å². The molecular formula is C18H16IN3O. The zero-order chi connectivity index (χ0) is 16.0. The first-order valence-corrected chi connectivity index (χ1v) is 8.74. The van der Waals surface area contributed by atoms with E-state index in [-0.39, 0.29) is 5.56 Å². The Morgan fingerprint density at radius 3 is 3.04 bits per heavy atom. The first kappa shape index (κ1) is 14.7. The van der Waals surface area contributed by atoms with Gasteiger partial charge < -0.3 is 9.55 Å². The van der Waals surface area contributed by atoms with Crippen molar-refractivity contribution in [3.05, 3.63) is 61.7 Å². The predicted molar refractivity (Wildman–Crippen MR) is 102 cm³/mol. The Balaban J connectivity index is 1.93. The summed E-state index contributed by atoms with van der Waals surface area (Å²) in [4.78, 5) is 20.5. The van der Waals surface area contributed by atoms with Gasteiger partial charge in [0, 0.05) is 26.7 Å². The van der Waals surface area contributed by atoms with E-state index in [0.717, 1.165) is 38.4 Å². The van der Waals surface area contributed by atoms with E-state index in [1.807, 2.05) is 19.3 Å². The van der Waals surface area contributed by atoms with Gasteiger partial charge in [-0.1, -0.05) is 18.2 Å². The lowest BCUT2D eigenvalue weighted by atomic mass is 10.1. The standard InChI is InChI=1S/C18H16IN3O/c1-11-7-13-15-14(19)10-22(9-12-5-3-2-4-6-12)18(23)16(15)21-17(13)20-8-11/h3,5-8,10H,2,4,9H2,1H3,(H,20,21).